The number of aryl methyl sites for hydroxylation is 2. The lowest BCUT2D eigenvalue weighted by Gasteiger charge is -2.17. The van der Waals surface area contributed by atoms with Gasteiger partial charge >= 0.3 is 0 Å². The number of hydrogen-bond donors (Lipinski definition) is 1. The van der Waals surface area contributed by atoms with Crippen molar-refractivity contribution in [1.29, 1.82) is 0 Å². The molecule has 0 bridgehead atoms. The van der Waals surface area contributed by atoms with Crippen LogP contribution in [0.2, 0.25) is 0 Å². The van der Waals surface area contributed by atoms with Gasteiger partial charge in [0.15, 0.2) is 0 Å². The molecule has 0 saturated carbocycles. The van der Waals surface area contributed by atoms with E-state index >= 15 is 0 Å². The van der Waals surface area contributed by atoms with Gasteiger partial charge in [0.25, 0.3) is 0 Å². The van der Waals surface area contributed by atoms with Crippen LogP contribution < -0.4 is 0 Å². The Morgan fingerprint density at radius 3 is 2.31 bits per heavy atom. The topological polar surface area (TPSA) is 20.2 Å². The highest BCUT2D eigenvalue weighted by atomic mass is 16.3. The van der Waals surface area contributed by atoms with Crippen LogP contribution in [-0.2, 0) is 0 Å². The molecule has 0 aliphatic rings. The molecule has 1 N–H and O–H groups in total. The molecule has 0 heterocycles. The van der Waals surface area contributed by atoms with E-state index in [1.54, 1.807) is 0 Å². The second kappa shape index (κ2) is 3.93. The summed E-state index contributed by atoms with van der Waals surface area (Å²) >= 11 is 0. The molecule has 1 rings (SSSR count). The van der Waals surface area contributed by atoms with E-state index in [9.17, 15) is 5.11 Å². The normalized spacial score (nSPS) is 13.4. The van der Waals surface area contributed by atoms with E-state index < -0.39 is 0 Å². The maximum Gasteiger partial charge on any atom is 0.0815 e. The number of aliphatic hydroxyl groups is 1. The van der Waals surface area contributed by atoms with Crippen molar-refractivity contribution >= 4 is 0 Å². The summed E-state index contributed by atoms with van der Waals surface area (Å²) in [5.74, 6) is 0.278. The molecule has 0 radical (unpaired) electrons. The second-order valence-electron chi connectivity index (χ2n) is 4.05. The van der Waals surface area contributed by atoms with Crippen LogP contribution in [0.4, 0.5) is 0 Å². The number of rotatable bonds is 2. The average molecular weight is 178 g/mol. The van der Waals surface area contributed by atoms with Crippen LogP contribution in [0.3, 0.4) is 0 Å². The summed E-state index contributed by atoms with van der Waals surface area (Å²) in [6.07, 6.45) is -0.333. The Morgan fingerprint density at radius 1 is 1.15 bits per heavy atom. The van der Waals surface area contributed by atoms with Gasteiger partial charge in [-0.05, 0) is 30.9 Å². The fourth-order valence-electron chi connectivity index (χ4n) is 1.44. The van der Waals surface area contributed by atoms with Crippen LogP contribution in [0.25, 0.3) is 0 Å². The van der Waals surface area contributed by atoms with Crippen molar-refractivity contribution in [3.05, 3.63) is 34.9 Å². The van der Waals surface area contributed by atoms with Crippen LogP contribution >= 0.6 is 0 Å². The highest BCUT2D eigenvalue weighted by Gasteiger charge is 2.13. The van der Waals surface area contributed by atoms with Crippen molar-refractivity contribution in [3.8, 4) is 0 Å². The van der Waals surface area contributed by atoms with Gasteiger partial charge in [0.1, 0.15) is 0 Å². The first-order chi connectivity index (χ1) is 6.02. The molecular weight excluding hydrogens is 160 g/mol. The summed E-state index contributed by atoms with van der Waals surface area (Å²) in [6.45, 7) is 8.16. The minimum atomic E-state index is -0.333. The van der Waals surface area contributed by atoms with Crippen molar-refractivity contribution in [2.45, 2.75) is 33.8 Å². The first-order valence-electron chi connectivity index (χ1n) is 4.77. The highest BCUT2D eigenvalue weighted by Crippen LogP contribution is 2.24. The van der Waals surface area contributed by atoms with E-state index in [1.165, 1.54) is 11.1 Å². The molecule has 1 heteroatoms. The van der Waals surface area contributed by atoms with E-state index in [0.717, 1.165) is 5.56 Å². The average Bonchev–Trinajstić information content (AvgIpc) is 2.08. The van der Waals surface area contributed by atoms with Gasteiger partial charge in [-0.1, -0.05) is 37.6 Å². The third-order valence-corrected chi connectivity index (χ3v) is 2.38. The molecule has 1 aromatic carbocycles. The largest absolute Gasteiger partial charge is 0.388 e. The maximum absolute atomic E-state index is 9.90. The molecule has 13 heavy (non-hydrogen) atoms. The van der Waals surface area contributed by atoms with E-state index in [2.05, 4.69) is 25.1 Å². The van der Waals surface area contributed by atoms with Gasteiger partial charge in [-0.15, -0.1) is 0 Å². The molecule has 0 unspecified atom stereocenters. The van der Waals surface area contributed by atoms with Gasteiger partial charge in [0.2, 0.25) is 0 Å². The van der Waals surface area contributed by atoms with Crippen LogP contribution in [0, 0.1) is 19.8 Å². The molecule has 1 nitrogen and oxygen atoms in total. The fourth-order valence-corrected chi connectivity index (χ4v) is 1.44. The molecule has 0 aromatic heterocycles. The van der Waals surface area contributed by atoms with Gasteiger partial charge in [-0.2, -0.15) is 0 Å². The molecular formula is C12H18O. The van der Waals surface area contributed by atoms with Crippen molar-refractivity contribution in [1.82, 2.24) is 0 Å². The lowest BCUT2D eigenvalue weighted by molar-refractivity contribution is 0.126. The van der Waals surface area contributed by atoms with Crippen molar-refractivity contribution in [2.24, 2.45) is 5.92 Å². The molecule has 0 saturated heterocycles. The summed E-state index contributed by atoms with van der Waals surface area (Å²) in [4.78, 5) is 0. The summed E-state index contributed by atoms with van der Waals surface area (Å²) in [5, 5.41) is 9.90. The molecule has 0 fully saturated rings. The van der Waals surface area contributed by atoms with Gasteiger partial charge in [-0.25, -0.2) is 0 Å². The van der Waals surface area contributed by atoms with Crippen LogP contribution in [0.5, 0.6) is 0 Å². The summed E-state index contributed by atoms with van der Waals surface area (Å²) < 4.78 is 0. The molecule has 1 atom stereocenters. The Kier molecular flexibility index (Phi) is 3.10. The third kappa shape index (κ3) is 2.31. The molecule has 0 spiro atoms. The zero-order chi connectivity index (χ0) is 10.0. The Morgan fingerprint density at radius 2 is 1.77 bits per heavy atom. The molecule has 0 amide bonds. The Hall–Kier alpha value is -0.820. The van der Waals surface area contributed by atoms with E-state index in [0.29, 0.717) is 0 Å². The van der Waals surface area contributed by atoms with Gasteiger partial charge < -0.3 is 5.11 Å². The lowest BCUT2D eigenvalue weighted by Crippen LogP contribution is -2.07. The first-order valence-corrected chi connectivity index (χ1v) is 4.77. The second-order valence-corrected chi connectivity index (χ2v) is 4.05. The SMILES string of the molecule is Cc1ccc(C)c([C@@H](O)C(C)C)c1. The summed E-state index contributed by atoms with van der Waals surface area (Å²) in [5.41, 5.74) is 3.45. The van der Waals surface area contributed by atoms with Crippen LogP contribution in [0.15, 0.2) is 18.2 Å². The lowest BCUT2D eigenvalue weighted by atomic mass is 9.94. The minimum Gasteiger partial charge on any atom is -0.388 e. The van der Waals surface area contributed by atoms with Crippen LogP contribution in [-0.4, -0.2) is 5.11 Å². The molecule has 1 aromatic rings. The Balaban J connectivity index is 3.05. The van der Waals surface area contributed by atoms with Crippen molar-refractivity contribution < 1.29 is 5.11 Å². The first kappa shape index (κ1) is 10.3. The zero-order valence-corrected chi connectivity index (χ0v) is 8.83. The van der Waals surface area contributed by atoms with Gasteiger partial charge in [0, 0.05) is 0 Å². The fraction of sp³-hybridized carbons (Fsp3) is 0.500. The Labute approximate surface area is 80.4 Å². The number of benzene rings is 1. The molecule has 0 aliphatic heterocycles. The predicted octanol–water partition coefficient (Wildman–Crippen LogP) is 2.99. The Bertz CT molecular complexity index is 289. The quantitative estimate of drug-likeness (QED) is 0.738. The monoisotopic (exact) mass is 178 g/mol. The number of aliphatic hydroxyl groups excluding tert-OH is 1. The smallest absolute Gasteiger partial charge is 0.0815 e. The van der Waals surface area contributed by atoms with E-state index in [-0.39, 0.29) is 12.0 Å². The van der Waals surface area contributed by atoms with E-state index in [4.69, 9.17) is 0 Å². The summed E-state index contributed by atoms with van der Waals surface area (Å²) in [6, 6.07) is 6.21. The third-order valence-electron chi connectivity index (χ3n) is 2.38. The number of hydrogen-bond acceptors (Lipinski definition) is 1. The van der Waals surface area contributed by atoms with Gasteiger partial charge in [0.05, 0.1) is 6.10 Å². The van der Waals surface area contributed by atoms with Crippen molar-refractivity contribution in [2.75, 3.05) is 0 Å². The zero-order valence-electron chi connectivity index (χ0n) is 8.83. The molecule has 0 aliphatic carbocycles. The van der Waals surface area contributed by atoms with Gasteiger partial charge in [-0.3, -0.25) is 0 Å². The minimum absolute atomic E-state index is 0.278. The summed E-state index contributed by atoms with van der Waals surface area (Å²) in [7, 11) is 0. The molecule has 72 valence electrons. The van der Waals surface area contributed by atoms with Crippen molar-refractivity contribution in [3.63, 3.8) is 0 Å². The highest BCUT2D eigenvalue weighted by molar-refractivity contribution is 5.32. The maximum atomic E-state index is 9.90. The standard InChI is InChI=1S/C12H18O/c1-8(2)12(13)11-7-9(3)5-6-10(11)4/h5-8,12-13H,1-4H3/t12-/m0/s1. The predicted molar refractivity (Wildman–Crippen MR) is 55.7 cm³/mol. The van der Waals surface area contributed by atoms with Crippen LogP contribution in [0.1, 0.15) is 36.6 Å². The van der Waals surface area contributed by atoms with E-state index in [1.807, 2.05) is 20.8 Å².